The van der Waals surface area contributed by atoms with Crippen LogP contribution in [0.4, 0.5) is 0 Å². The lowest BCUT2D eigenvalue weighted by atomic mass is 9.68. The van der Waals surface area contributed by atoms with Crippen molar-refractivity contribution in [3.63, 3.8) is 0 Å². The standard InChI is InChI=1S/C42H30N2/c1-27-18-23-36(33-13-8-12-32(24-33)31-21-19-30(20-22-31)29-10-4-3-5-11-29)39(26-44)40(27)42-37-16-7-6-15-35(37)28(2)41-34(25-43)14-9-17-38(41)42/h3-24,28,42H,1-2H3. The minimum atomic E-state index is -0.144. The normalized spacial score (nSPS) is 15.0. The number of nitrogens with zero attached hydrogens (tertiary/aromatic N) is 2. The van der Waals surface area contributed by atoms with Gasteiger partial charge in [0.1, 0.15) is 6.07 Å². The molecule has 1 aliphatic carbocycles. The SMILES string of the molecule is Cc1ccc(-c2cccc(-c3ccc(-c4ccccc4)cc3)c2)c(C#N)c1C1c2ccccc2C(C)c2c(C#N)cccc21. The van der Waals surface area contributed by atoms with Gasteiger partial charge in [0.2, 0.25) is 0 Å². The topological polar surface area (TPSA) is 47.6 Å². The van der Waals surface area contributed by atoms with Gasteiger partial charge in [-0.05, 0) is 85.8 Å². The molecule has 1 aliphatic rings. The number of hydrogen-bond donors (Lipinski definition) is 0. The molecule has 0 saturated carbocycles. The second-order valence-corrected chi connectivity index (χ2v) is 11.6. The summed E-state index contributed by atoms with van der Waals surface area (Å²) < 4.78 is 0. The van der Waals surface area contributed by atoms with E-state index >= 15 is 0 Å². The summed E-state index contributed by atoms with van der Waals surface area (Å²) in [7, 11) is 0. The van der Waals surface area contributed by atoms with Gasteiger partial charge >= 0.3 is 0 Å². The highest BCUT2D eigenvalue weighted by Crippen LogP contribution is 2.49. The van der Waals surface area contributed by atoms with E-state index in [1.54, 1.807) is 0 Å². The van der Waals surface area contributed by atoms with Crippen molar-refractivity contribution in [3.8, 4) is 45.5 Å². The minimum absolute atomic E-state index is 0.0901. The van der Waals surface area contributed by atoms with Crippen molar-refractivity contribution in [2.24, 2.45) is 0 Å². The summed E-state index contributed by atoms with van der Waals surface area (Å²) in [5, 5.41) is 20.8. The highest BCUT2D eigenvalue weighted by molar-refractivity contribution is 5.80. The maximum absolute atomic E-state index is 10.8. The van der Waals surface area contributed by atoms with Crippen LogP contribution in [0.1, 0.15) is 63.3 Å². The van der Waals surface area contributed by atoms with Gasteiger partial charge in [-0.3, -0.25) is 0 Å². The zero-order valence-electron chi connectivity index (χ0n) is 24.8. The van der Waals surface area contributed by atoms with Gasteiger partial charge in [0.15, 0.2) is 0 Å². The summed E-state index contributed by atoms with van der Waals surface area (Å²) in [4.78, 5) is 0. The minimum Gasteiger partial charge on any atom is -0.192 e. The van der Waals surface area contributed by atoms with E-state index in [-0.39, 0.29) is 11.8 Å². The van der Waals surface area contributed by atoms with E-state index in [0.29, 0.717) is 11.1 Å². The van der Waals surface area contributed by atoms with Gasteiger partial charge in [-0.2, -0.15) is 10.5 Å². The summed E-state index contributed by atoms with van der Waals surface area (Å²) in [5.41, 5.74) is 14.6. The molecule has 44 heavy (non-hydrogen) atoms. The van der Waals surface area contributed by atoms with Crippen molar-refractivity contribution in [2.75, 3.05) is 0 Å². The molecule has 2 unspecified atom stereocenters. The molecule has 0 aromatic heterocycles. The molecule has 2 nitrogen and oxygen atoms in total. The summed E-state index contributed by atoms with van der Waals surface area (Å²) in [6.45, 7) is 4.28. The molecule has 0 fully saturated rings. The number of aryl methyl sites for hydroxylation is 1. The molecule has 0 radical (unpaired) electrons. The number of hydrogen-bond acceptors (Lipinski definition) is 2. The first-order chi connectivity index (χ1) is 21.6. The fraction of sp³-hybridized carbons (Fsp3) is 0.0952. The Labute approximate surface area is 259 Å². The van der Waals surface area contributed by atoms with Gasteiger partial charge < -0.3 is 0 Å². The molecule has 0 heterocycles. The van der Waals surface area contributed by atoms with E-state index in [1.165, 1.54) is 22.3 Å². The van der Waals surface area contributed by atoms with Crippen molar-refractivity contribution >= 4 is 0 Å². The van der Waals surface area contributed by atoms with Gasteiger partial charge in [0.25, 0.3) is 0 Å². The average molecular weight is 563 g/mol. The third kappa shape index (κ3) is 4.50. The first kappa shape index (κ1) is 27.2. The smallest absolute Gasteiger partial charge is 0.100 e. The van der Waals surface area contributed by atoms with Crippen molar-refractivity contribution < 1.29 is 0 Å². The molecule has 0 N–H and O–H groups in total. The van der Waals surface area contributed by atoms with Gasteiger partial charge in [0, 0.05) is 11.8 Å². The van der Waals surface area contributed by atoms with Gasteiger partial charge in [-0.15, -0.1) is 0 Å². The fourth-order valence-electron chi connectivity index (χ4n) is 7.03. The molecule has 6 aromatic carbocycles. The Balaban J connectivity index is 1.37. The average Bonchev–Trinajstić information content (AvgIpc) is 3.09. The van der Waals surface area contributed by atoms with Crippen LogP contribution in [0.5, 0.6) is 0 Å². The Morgan fingerprint density at radius 1 is 0.500 bits per heavy atom. The van der Waals surface area contributed by atoms with E-state index in [9.17, 15) is 10.5 Å². The summed E-state index contributed by atoms with van der Waals surface area (Å²) in [6.07, 6.45) is 0. The zero-order valence-corrected chi connectivity index (χ0v) is 24.8. The molecule has 0 saturated heterocycles. The van der Waals surface area contributed by atoms with Gasteiger partial charge in [-0.25, -0.2) is 0 Å². The van der Waals surface area contributed by atoms with Gasteiger partial charge in [0.05, 0.1) is 17.2 Å². The largest absolute Gasteiger partial charge is 0.192 e. The Morgan fingerprint density at radius 3 is 1.82 bits per heavy atom. The van der Waals surface area contributed by atoms with Crippen LogP contribution in [0.25, 0.3) is 33.4 Å². The number of nitriles is 2. The predicted molar refractivity (Wildman–Crippen MR) is 178 cm³/mol. The van der Waals surface area contributed by atoms with Crippen LogP contribution in [-0.4, -0.2) is 0 Å². The van der Waals surface area contributed by atoms with Crippen molar-refractivity contribution in [1.82, 2.24) is 0 Å². The summed E-state index contributed by atoms with van der Waals surface area (Å²) in [6, 6.07) is 51.3. The first-order valence-electron chi connectivity index (χ1n) is 15.0. The lowest BCUT2D eigenvalue weighted by Crippen LogP contribution is -2.20. The van der Waals surface area contributed by atoms with Crippen molar-refractivity contribution in [3.05, 3.63) is 178 Å². The van der Waals surface area contributed by atoms with Crippen LogP contribution in [0.3, 0.4) is 0 Å². The van der Waals surface area contributed by atoms with E-state index in [2.05, 4.69) is 141 Å². The van der Waals surface area contributed by atoms with Crippen LogP contribution in [0.15, 0.2) is 133 Å². The first-order valence-corrected chi connectivity index (χ1v) is 15.0. The fourth-order valence-corrected chi connectivity index (χ4v) is 7.03. The predicted octanol–water partition coefficient (Wildman–Crippen LogP) is 10.4. The molecule has 6 aromatic rings. The molecule has 2 heteroatoms. The van der Waals surface area contributed by atoms with Crippen LogP contribution in [0.2, 0.25) is 0 Å². The number of fused-ring (bicyclic) bond motifs is 2. The maximum atomic E-state index is 10.8. The lowest BCUT2D eigenvalue weighted by Gasteiger charge is -2.35. The van der Waals surface area contributed by atoms with Crippen LogP contribution >= 0.6 is 0 Å². The van der Waals surface area contributed by atoms with Crippen LogP contribution < -0.4 is 0 Å². The van der Waals surface area contributed by atoms with Crippen LogP contribution in [0, 0.1) is 29.6 Å². The molecule has 0 aliphatic heterocycles. The van der Waals surface area contributed by atoms with Gasteiger partial charge in [-0.1, -0.05) is 128 Å². The number of rotatable bonds is 4. The molecular weight excluding hydrogens is 532 g/mol. The Kier molecular flexibility index (Phi) is 6.90. The monoisotopic (exact) mass is 562 g/mol. The van der Waals surface area contributed by atoms with E-state index in [4.69, 9.17) is 0 Å². The Morgan fingerprint density at radius 2 is 1.09 bits per heavy atom. The molecule has 208 valence electrons. The third-order valence-corrected chi connectivity index (χ3v) is 9.14. The molecule has 0 spiro atoms. The second kappa shape index (κ2) is 11.2. The molecule has 0 amide bonds. The third-order valence-electron chi connectivity index (χ3n) is 9.14. The maximum Gasteiger partial charge on any atom is 0.100 e. The van der Waals surface area contributed by atoms with Crippen molar-refractivity contribution in [2.45, 2.75) is 25.7 Å². The molecule has 0 bridgehead atoms. The molecule has 7 rings (SSSR count). The van der Waals surface area contributed by atoms with Crippen molar-refractivity contribution in [1.29, 1.82) is 10.5 Å². The lowest BCUT2D eigenvalue weighted by molar-refractivity contribution is 0.787. The van der Waals surface area contributed by atoms with E-state index in [1.807, 2.05) is 18.2 Å². The van der Waals surface area contributed by atoms with E-state index < -0.39 is 0 Å². The highest BCUT2D eigenvalue weighted by atomic mass is 14.4. The molecular formula is C42H30N2. The zero-order chi connectivity index (χ0) is 30.2. The van der Waals surface area contributed by atoms with E-state index in [0.717, 1.165) is 44.5 Å². The van der Waals surface area contributed by atoms with Crippen LogP contribution in [-0.2, 0) is 0 Å². The Hall–Kier alpha value is -5.70. The summed E-state index contributed by atoms with van der Waals surface area (Å²) in [5.74, 6) is -0.0544. The number of benzene rings is 6. The Bertz CT molecular complexity index is 2110. The quantitative estimate of drug-likeness (QED) is 0.215. The molecule has 2 atom stereocenters. The second-order valence-electron chi connectivity index (χ2n) is 11.6. The highest BCUT2D eigenvalue weighted by Gasteiger charge is 2.35. The summed E-state index contributed by atoms with van der Waals surface area (Å²) >= 11 is 0.